The van der Waals surface area contributed by atoms with Crippen molar-refractivity contribution < 1.29 is 27.1 Å². The third-order valence-electron chi connectivity index (χ3n) is 4.63. The van der Waals surface area contributed by atoms with Crippen LogP contribution in [0.3, 0.4) is 0 Å². The molecule has 0 saturated heterocycles. The van der Waals surface area contributed by atoms with E-state index in [1.807, 2.05) is 0 Å². The first-order valence-corrected chi connectivity index (χ1v) is 10.3. The minimum Gasteiger partial charge on any atom is -0.450 e. The summed E-state index contributed by atoms with van der Waals surface area (Å²) in [5.74, 6) is -2.54. The number of hydrogen-bond acceptors (Lipinski definition) is 4. The summed E-state index contributed by atoms with van der Waals surface area (Å²) in [6, 6.07) is 13.2. The quantitative estimate of drug-likeness (QED) is 0.208. The highest BCUT2D eigenvalue weighted by molar-refractivity contribution is 6.36. The molecule has 3 aromatic carbocycles. The van der Waals surface area contributed by atoms with E-state index >= 15 is 0 Å². The van der Waals surface area contributed by atoms with Crippen LogP contribution in [0.5, 0.6) is 5.75 Å². The van der Waals surface area contributed by atoms with Crippen molar-refractivity contribution in [1.29, 1.82) is 0 Å². The van der Waals surface area contributed by atoms with Gasteiger partial charge in [-0.25, -0.2) is 4.79 Å². The van der Waals surface area contributed by atoms with Crippen molar-refractivity contribution in [3.63, 3.8) is 0 Å². The molecular formula is C23H10Cl3F3O4. The van der Waals surface area contributed by atoms with Gasteiger partial charge < -0.3 is 9.15 Å². The molecule has 1 heterocycles. The normalized spacial score (nSPS) is 11.6. The van der Waals surface area contributed by atoms with E-state index in [9.17, 15) is 22.8 Å². The number of alkyl halides is 3. The molecule has 0 radical (unpaired) electrons. The van der Waals surface area contributed by atoms with Crippen LogP contribution in [0.15, 0.2) is 69.9 Å². The average Bonchev–Trinajstić information content (AvgIpc) is 2.73. The van der Waals surface area contributed by atoms with Crippen molar-refractivity contribution in [1.82, 2.24) is 0 Å². The minimum atomic E-state index is -4.99. The molecule has 168 valence electrons. The largest absolute Gasteiger partial charge is 0.450 e. The predicted octanol–water partition coefficient (Wildman–Crippen LogP) is 7.66. The van der Waals surface area contributed by atoms with Gasteiger partial charge >= 0.3 is 12.1 Å². The summed E-state index contributed by atoms with van der Waals surface area (Å²) < 4.78 is 51.7. The van der Waals surface area contributed by atoms with E-state index in [4.69, 9.17) is 44.0 Å². The number of esters is 1. The summed E-state index contributed by atoms with van der Waals surface area (Å²) in [6.07, 6.45) is -4.99. The third-order valence-corrected chi connectivity index (χ3v) is 5.50. The Morgan fingerprint density at radius 1 is 0.909 bits per heavy atom. The molecule has 4 aromatic rings. The zero-order valence-electron chi connectivity index (χ0n) is 16.2. The average molecular weight is 514 g/mol. The van der Waals surface area contributed by atoms with Crippen LogP contribution >= 0.6 is 34.8 Å². The van der Waals surface area contributed by atoms with Crippen molar-refractivity contribution in [2.24, 2.45) is 0 Å². The van der Waals surface area contributed by atoms with Crippen LogP contribution in [0.2, 0.25) is 15.1 Å². The summed E-state index contributed by atoms with van der Waals surface area (Å²) in [5.41, 5.74) is -2.19. The molecule has 0 atom stereocenters. The van der Waals surface area contributed by atoms with Gasteiger partial charge in [-0.3, -0.25) is 4.79 Å². The van der Waals surface area contributed by atoms with Crippen LogP contribution in [0.4, 0.5) is 13.2 Å². The van der Waals surface area contributed by atoms with Crippen molar-refractivity contribution in [3.05, 3.63) is 97.3 Å². The van der Waals surface area contributed by atoms with Crippen molar-refractivity contribution >= 4 is 51.7 Å². The summed E-state index contributed by atoms with van der Waals surface area (Å²) in [6.45, 7) is 0. The molecule has 4 rings (SSSR count). The maximum absolute atomic E-state index is 13.8. The van der Waals surface area contributed by atoms with Gasteiger partial charge in [0.1, 0.15) is 11.3 Å². The predicted molar refractivity (Wildman–Crippen MR) is 119 cm³/mol. The van der Waals surface area contributed by atoms with Gasteiger partial charge in [0, 0.05) is 21.7 Å². The van der Waals surface area contributed by atoms with Crippen LogP contribution in [-0.2, 0) is 6.18 Å². The number of hydrogen-bond donors (Lipinski definition) is 0. The van der Waals surface area contributed by atoms with Gasteiger partial charge in [-0.1, -0.05) is 53.0 Å². The summed E-state index contributed by atoms with van der Waals surface area (Å²) in [4.78, 5) is 25.4. The molecule has 0 bridgehead atoms. The highest BCUT2D eigenvalue weighted by Crippen LogP contribution is 2.39. The van der Waals surface area contributed by atoms with E-state index in [0.29, 0.717) is 5.02 Å². The van der Waals surface area contributed by atoms with E-state index in [0.717, 1.165) is 6.07 Å². The summed E-state index contributed by atoms with van der Waals surface area (Å²) in [5, 5.41) is 0.142. The molecule has 0 saturated carbocycles. The van der Waals surface area contributed by atoms with Crippen LogP contribution in [0.1, 0.15) is 16.1 Å². The highest BCUT2D eigenvalue weighted by atomic mass is 35.5. The molecule has 0 amide bonds. The highest BCUT2D eigenvalue weighted by Gasteiger charge is 2.39. The molecule has 1 aromatic heterocycles. The van der Waals surface area contributed by atoms with Gasteiger partial charge in [-0.2, -0.15) is 13.2 Å². The van der Waals surface area contributed by atoms with Crippen LogP contribution < -0.4 is 10.2 Å². The Morgan fingerprint density at radius 2 is 1.64 bits per heavy atom. The molecule has 0 N–H and O–H groups in total. The smallest absolute Gasteiger partial charge is 0.450 e. The first-order valence-electron chi connectivity index (χ1n) is 9.16. The Balaban J connectivity index is 1.83. The molecule has 0 aliphatic heterocycles. The minimum absolute atomic E-state index is 0.00679. The molecule has 0 unspecified atom stereocenters. The van der Waals surface area contributed by atoms with Crippen molar-refractivity contribution in [3.8, 4) is 16.9 Å². The second-order valence-corrected chi connectivity index (χ2v) is 8.04. The van der Waals surface area contributed by atoms with Gasteiger partial charge in [0.2, 0.25) is 11.2 Å². The lowest BCUT2D eigenvalue weighted by molar-refractivity contribution is -0.152. The number of halogens is 6. The zero-order valence-corrected chi connectivity index (χ0v) is 18.4. The van der Waals surface area contributed by atoms with Gasteiger partial charge in [0.15, 0.2) is 0 Å². The molecule has 0 spiro atoms. The second kappa shape index (κ2) is 8.74. The number of carbonyl (C=O) groups is 1. The van der Waals surface area contributed by atoms with Crippen LogP contribution in [-0.4, -0.2) is 5.97 Å². The number of benzene rings is 3. The number of rotatable bonds is 3. The Morgan fingerprint density at radius 3 is 2.30 bits per heavy atom. The maximum atomic E-state index is 13.8. The molecule has 4 nitrogen and oxygen atoms in total. The Kier molecular flexibility index (Phi) is 6.14. The van der Waals surface area contributed by atoms with E-state index in [-0.39, 0.29) is 32.3 Å². The number of fused-ring (bicyclic) bond motifs is 1. The van der Waals surface area contributed by atoms with Crippen LogP contribution in [0.25, 0.3) is 22.1 Å². The van der Waals surface area contributed by atoms with E-state index in [1.165, 1.54) is 54.6 Å². The Labute approximate surface area is 199 Å². The molecular weight excluding hydrogens is 504 g/mol. The van der Waals surface area contributed by atoms with Crippen LogP contribution in [0, 0.1) is 0 Å². The van der Waals surface area contributed by atoms with Crippen molar-refractivity contribution in [2.75, 3.05) is 0 Å². The first kappa shape index (κ1) is 23.2. The lowest BCUT2D eigenvalue weighted by atomic mass is 10.0. The van der Waals surface area contributed by atoms with Gasteiger partial charge in [0.05, 0.1) is 21.5 Å². The number of carbonyl (C=O) groups excluding carboxylic acids is 1. The maximum Gasteiger partial charge on any atom is 0.450 e. The molecule has 0 aliphatic carbocycles. The monoisotopic (exact) mass is 512 g/mol. The molecule has 0 fully saturated rings. The second-order valence-electron chi connectivity index (χ2n) is 6.78. The summed E-state index contributed by atoms with van der Waals surface area (Å²) >= 11 is 17.8. The standard InChI is InChI=1S/C23H10Cl3F3O4/c24-11-5-7-14(17(26)9-11)22(31)32-12-6-8-15-18(10-12)33-21(23(27,28)29)19(20(15)30)13-3-1-2-4-16(13)25/h1-10H. The molecule has 0 aliphatic rings. The fourth-order valence-corrected chi connectivity index (χ4v) is 3.88. The van der Waals surface area contributed by atoms with Crippen molar-refractivity contribution in [2.45, 2.75) is 6.18 Å². The van der Waals surface area contributed by atoms with Gasteiger partial charge in [-0.05, 0) is 36.4 Å². The SMILES string of the molecule is O=C(Oc1ccc2c(=O)c(-c3ccccc3Cl)c(C(F)(F)F)oc2c1)c1ccc(Cl)cc1Cl. The molecule has 33 heavy (non-hydrogen) atoms. The lowest BCUT2D eigenvalue weighted by Gasteiger charge is -2.14. The zero-order chi connectivity index (χ0) is 23.9. The van der Waals surface area contributed by atoms with Gasteiger partial charge in [-0.15, -0.1) is 0 Å². The summed E-state index contributed by atoms with van der Waals surface area (Å²) in [7, 11) is 0. The van der Waals surface area contributed by atoms with Gasteiger partial charge in [0.25, 0.3) is 0 Å². The number of ether oxygens (including phenoxy) is 1. The fourth-order valence-electron chi connectivity index (χ4n) is 3.16. The fraction of sp³-hybridized carbons (Fsp3) is 0.0435. The first-order chi connectivity index (χ1) is 15.6. The topological polar surface area (TPSA) is 56.5 Å². The van der Waals surface area contributed by atoms with E-state index in [2.05, 4.69) is 0 Å². The Bertz CT molecular complexity index is 1460. The molecule has 10 heteroatoms. The third kappa shape index (κ3) is 4.57. The van der Waals surface area contributed by atoms with E-state index < -0.39 is 34.5 Å². The lowest BCUT2D eigenvalue weighted by Crippen LogP contribution is -2.16. The Hall–Kier alpha value is -3.00. The van der Waals surface area contributed by atoms with E-state index in [1.54, 1.807) is 0 Å².